The van der Waals surface area contributed by atoms with Gasteiger partial charge < -0.3 is 4.74 Å². The third kappa shape index (κ3) is 3.89. The predicted octanol–water partition coefficient (Wildman–Crippen LogP) is 2.29. The van der Waals surface area contributed by atoms with Gasteiger partial charge in [0.1, 0.15) is 11.3 Å². The first-order chi connectivity index (χ1) is 13.5. The quantitative estimate of drug-likeness (QED) is 0.649. The molecule has 0 radical (unpaired) electrons. The van der Waals surface area contributed by atoms with Gasteiger partial charge in [0.15, 0.2) is 16.6 Å². The molecule has 1 aromatic carbocycles. The topological polar surface area (TPSA) is 63.5 Å². The minimum atomic E-state index is -0.740. The number of fused-ring (bicyclic) bond motifs is 1. The molecule has 1 fully saturated rings. The monoisotopic (exact) mass is 407 g/mol. The zero-order valence-electron chi connectivity index (χ0n) is 15.3. The lowest BCUT2D eigenvalue weighted by Crippen LogP contribution is -2.43. The van der Waals surface area contributed by atoms with Crippen molar-refractivity contribution in [3.63, 3.8) is 0 Å². The van der Waals surface area contributed by atoms with E-state index in [1.54, 1.807) is 24.0 Å². The van der Waals surface area contributed by atoms with Crippen LogP contribution in [0.15, 0.2) is 24.4 Å². The maximum absolute atomic E-state index is 14.1. The lowest BCUT2D eigenvalue weighted by molar-refractivity contribution is 0.0391. The summed E-state index contributed by atoms with van der Waals surface area (Å²) in [6, 6.07) is 3.65. The van der Waals surface area contributed by atoms with Crippen molar-refractivity contribution < 1.29 is 18.3 Å². The van der Waals surface area contributed by atoms with Crippen molar-refractivity contribution in [3.05, 3.63) is 41.7 Å². The van der Waals surface area contributed by atoms with Crippen LogP contribution in [0.25, 0.3) is 10.2 Å². The molecule has 0 unspecified atom stereocenters. The molecule has 3 heterocycles. The van der Waals surface area contributed by atoms with Gasteiger partial charge in [-0.1, -0.05) is 11.3 Å². The second kappa shape index (κ2) is 7.90. The fourth-order valence-electron chi connectivity index (χ4n) is 3.08. The molecule has 0 saturated carbocycles. The number of halogens is 2. The molecule has 0 aliphatic carbocycles. The van der Waals surface area contributed by atoms with E-state index in [0.29, 0.717) is 36.1 Å². The molecule has 28 heavy (non-hydrogen) atoms. The van der Waals surface area contributed by atoms with Crippen molar-refractivity contribution in [2.75, 3.05) is 44.3 Å². The molecule has 1 saturated heterocycles. The van der Waals surface area contributed by atoms with E-state index in [9.17, 15) is 13.6 Å². The highest BCUT2D eigenvalue weighted by molar-refractivity contribution is 7.22. The molecule has 3 aromatic rings. The van der Waals surface area contributed by atoms with Gasteiger partial charge in [0.05, 0.1) is 17.9 Å². The molecule has 1 aliphatic heterocycles. The van der Waals surface area contributed by atoms with Gasteiger partial charge in [-0.2, -0.15) is 5.10 Å². The standard InChI is InChI=1S/C18H19F2N5O2S/c1-23-3-2-14(22-23)17(26)25(5-4-24-6-8-27-9-7-24)18-21-16-13(20)10-12(19)11-15(16)28-18/h2-3,10-11H,4-9H2,1H3. The van der Waals surface area contributed by atoms with Gasteiger partial charge in [-0.15, -0.1) is 0 Å². The summed E-state index contributed by atoms with van der Waals surface area (Å²) >= 11 is 1.09. The second-order valence-electron chi connectivity index (χ2n) is 6.52. The van der Waals surface area contributed by atoms with Crippen molar-refractivity contribution in [1.29, 1.82) is 0 Å². The minimum absolute atomic E-state index is 0.0617. The number of aromatic nitrogens is 3. The summed E-state index contributed by atoms with van der Waals surface area (Å²) < 4.78 is 34.9. The number of amides is 1. The van der Waals surface area contributed by atoms with Crippen molar-refractivity contribution in [3.8, 4) is 0 Å². The normalized spacial score (nSPS) is 15.2. The zero-order valence-corrected chi connectivity index (χ0v) is 16.1. The Kier molecular flexibility index (Phi) is 5.33. The van der Waals surface area contributed by atoms with Crippen LogP contribution < -0.4 is 4.90 Å². The number of hydrogen-bond acceptors (Lipinski definition) is 6. The fourth-order valence-corrected chi connectivity index (χ4v) is 4.11. The molecule has 0 spiro atoms. The van der Waals surface area contributed by atoms with Crippen LogP contribution in [-0.2, 0) is 11.8 Å². The van der Waals surface area contributed by atoms with Crippen LogP contribution in [-0.4, -0.2) is 65.0 Å². The number of benzene rings is 1. The van der Waals surface area contributed by atoms with Crippen LogP contribution in [0.2, 0.25) is 0 Å². The zero-order chi connectivity index (χ0) is 19.7. The van der Waals surface area contributed by atoms with Gasteiger partial charge >= 0.3 is 0 Å². The molecule has 2 aromatic heterocycles. The number of aryl methyl sites for hydroxylation is 1. The van der Waals surface area contributed by atoms with E-state index in [4.69, 9.17) is 4.74 Å². The molecular weight excluding hydrogens is 388 g/mol. The number of anilines is 1. The number of thiazole rings is 1. The SMILES string of the molecule is Cn1ccc(C(=O)N(CCN2CCOCC2)c2nc3c(F)cc(F)cc3s2)n1. The van der Waals surface area contributed by atoms with Gasteiger partial charge in [-0.3, -0.25) is 19.3 Å². The molecule has 1 amide bonds. The van der Waals surface area contributed by atoms with Gasteiger partial charge in [0, 0.05) is 45.5 Å². The molecule has 7 nitrogen and oxygen atoms in total. The van der Waals surface area contributed by atoms with Crippen LogP contribution in [0.3, 0.4) is 0 Å². The van der Waals surface area contributed by atoms with Crippen LogP contribution >= 0.6 is 11.3 Å². The first-order valence-corrected chi connectivity index (χ1v) is 9.70. The third-order valence-corrected chi connectivity index (χ3v) is 5.58. The summed E-state index contributed by atoms with van der Waals surface area (Å²) in [5.74, 6) is -1.74. The number of morpholine rings is 1. The van der Waals surface area contributed by atoms with Crippen molar-refractivity contribution >= 4 is 32.6 Å². The van der Waals surface area contributed by atoms with Crippen LogP contribution in [0.5, 0.6) is 0 Å². The van der Waals surface area contributed by atoms with E-state index in [1.165, 1.54) is 11.0 Å². The molecule has 0 atom stereocenters. The van der Waals surface area contributed by atoms with E-state index in [2.05, 4.69) is 15.0 Å². The average molecular weight is 407 g/mol. The van der Waals surface area contributed by atoms with E-state index in [0.717, 1.165) is 30.5 Å². The first kappa shape index (κ1) is 18.9. The number of nitrogens with zero attached hydrogens (tertiary/aromatic N) is 5. The maximum Gasteiger partial charge on any atom is 0.280 e. The van der Waals surface area contributed by atoms with Crippen LogP contribution in [0, 0.1) is 11.6 Å². The summed E-state index contributed by atoms with van der Waals surface area (Å²) in [5, 5.41) is 4.49. The molecule has 4 rings (SSSR count). The smallest absolute Gasteiger partial charge is 0.280 e. The summed E-state index contributed by atoms with van der Waals surface area (Å²) in [5.41, 5.74) is 0.335. The summed E-state index contributed by atoms with van der Waals surface area (Å²) in [6.45, 7) is 3.85. The molecular formula is C18H19F2N5O2S. The lowest BCUT2D eigenvalue weighted by Gasteiger charge is -2.29. The maximum atomic E-state index is 14.1. The summed E-state index contributed by atoms with van der Waals surface area (Å²) in [4.78, 5) is 21.0. The Morgan fingerprint density at radius 3 is 2.82 bits per heavy atom. The Hall–Kier alpha value is -2.43. The Morgan fingerprint density at radius 1 is 1.32 bits per heavy atom. The van der Waals surface area contributed by atoms with E-state index in [-0.39, 0.29) is 17.1 Å². The number of ether oxygens (including phenoxy) is 1. The Balaban J connectivity index is 1.65. The van der Waals surface area contributed by atoms with Gasteiger partial charge in [0.25, 0.3) is 5.91 Å². The third-order valence-electron chi connectivity index (χ3n) is 4.55. The van der Waals surface area contributed by atoms with Crippen molar-refractivity contribution in [2.45, 2.75) is 0 Å². The second-order valence-corrected chi connectivity index (χ2v) is 7.53. The van der Waals surface area contributed by atoms with Gasteiger partial charge in [-0.05, 0) is 12.1 Å². The largest absolute Gasteiger partial charge is 0.379 e. The van der Waals surface area contributed by atoms with E-state index in [1.807, 2.05) is 0 Å². The lowest BCUT2D eigenvalue weighted by atomic mass is 10.3. The molecule has 148 valence electrons. The fraction of sp³-hybridized carbons (Fsp3) is 0.389. The Labute approximate surface area is 164 Å². The number of hydrogen-bond donors (Lipinski definition) is 0. The highest BCUT2D eigenvalue weighted by Crippen LogP contribution is 2.31. The highest BCUT2D eigenvalue weighted by Gasteiger charge is 2.25. The number of carbonyl (C=O) groups is 1. The average Bonchev–Trinajstić information content (AvgIpc) is 3.29. The molecule has 10 heteroatoms. The predicted molar refractivity (Wildman–Crippen MR) is 102 cm³/mol. The van der Waals surface area contributed by atoms with Gasteiger partial charge in [-0.25, -0.2) is 13.8 Å². The van der Waals surface area contributed by atoms with E-state index < -0.39 is 11.6 Å². The van der Waals surface area contributed by atoms with Crippen LogP contribution in [0.4, 0.5) is 13.9 Å². The summed E-state index contributed by atoms with van der Waals surface area (Å²) in [6.07, 6.45) is 1.68. The molecule has 0 N–H and O–H groups in total. The number of carbonyl (C=O) groups excluding carboxylic acids is 1. The van der Waals surface area contributed by atoms with Crippen molar-refractivity contribution in [1.82, 2.24) is 19.7 Å². The Bertz CT molecular complexity index is 999. The minimum Gasteiger partial charge on any atom is -0.379 e. The first-order valence-electron chi connectivity index (χ1n) is 8.88. The molecule has 0 bridgehead atoms. The highest BCUT2D eigenvalue weighted by atomic mass is 32.1. The molecule has 1 aliphatic rings. The van der Waals surface area contributed by atoms with Crippen LogP contribution in [0.1, 0.15) is 10.5 Å². The van der Waals surface area contributed by atoms with E-state index >= 15 is 0 Å². The van der Waals surface area contributed by atoms with Crippen molar-refractivity contribution in [2.24, 2.45) is 7.05 Å². The summed E-state index contributed by atoms with van der Waals surface area (Å²) in [7, 11) is 1.73. The van der Waals surface area contributed by atoms with Gasteiger partial charge in [0.2, 0.25) is 0 Å². The Morgan fingerprint density at radius 2 is 2.11 bits per heavy atom. The number of rotatable bonds is 5.